The van der Waals surface area contributed by atoms with Crippen molar-refractivity contribution in [3.63, 3.8) is 0 Å². The molecule has 0 radical (unpaired) electrons. The summed E-state index contributed by atoms with van der Waals surface area (Å²) in [5.74, 6) is 0. The van der Waals surface area contributed by atoms with Crippen LogP contribution in [0.2, 0.25) is 0 Å². The molecule has 1 heteroatoms. The molecule has 1 aliphatic carbocycles. The fraction of sp³-hybridized carbons (Fsp3) is 1.00. The Hall–Kier alpha value is -0.0400. The van der Waals surface area contributed by atoms with Gasteiger partial charge in [-0.25, -0.2) is 0 Å². The third-order valence-electron chi connectivity index (χ3n) is 3.21. The lowest BCUT2D eigenvalue weighted by Gasteiger charge is -2.16. The van der Waals surface area contributed by atoms with Crippen molar-refractivity contribution in [3.05, 3.63) is 0 Å². The van der Waals surface area contributed by atoms with E-state index in [1.54, 1.807) is 0 Å². The van der Waals surface area contributed by atoms with Gasteiger partial charge in [0, 0.05) is 0 Å². The van der Waals surface area contributed by atoms with Gasteiger partial charge in [-0.3, -0.25) is 0 Å². The summed E-state index contributed by atoms with van der Waals surface area (Å²) in [5, 5.41) is 0. The molecule has 60 valence electrons. The molecule has 1 fully saturated rings. The summed E-state index contributed by atoms with van der Waals surface area (Å²) in [4.78, 5) is 0. The quantitative estimate of drug-likeness (QED) is 0.640. The van der Waals surface area contributed by atoms with E-state index in [1.807, 2.05) is 0 Å². The van der Waals surface area contributed by atoms with Crippen LogP contribution in [0.25, 0.3) is 0 Å². The maximum Gasteiger partial charge on any atom is -0.00152 e. The van der Waals surface area contributed by atoms with Crippen LogP contribution in [0.3, 0.4) is 0 Å². The number of nitrogens with two attached hydrogens (primary N) is 1. The molecule has 0 heterocycles. The van der Waals surface area contributed by atoms with Crippen LogP contribution in [0.1, 0.15) is 40.0 Å². The highest BCUT2D eigenvalue weighted by Crippen LogP contribution is 2.65. The van der Waals surface area contributed by atoms with Crippen molar-refractivity contribution in [2.45, 2.75) is 40.0 Å². The van der Waals surface area contributed by atoms with Gasteiger partial charge in [0.1, 0.15) is 0 Å². The van der Waals surface area contributed by atoms with E-state index >= 15 is 0 Å². The van der Waals surface area contributed by atoms with E-state index in [1.165, 1.54) is 19.3 Å². The van der Waals surface area contributed by atoms with Gasteiger partial charge in [0.05, 0.1) is 0 Å². The van der Waals surface area contributed by atoms with Gasteiger partial charge in [0.15, 0.2) is 0 Å². The molecule has 0 spiro atoms. The number of hydrogen-bond acceptors (Lipinski definition) is 1. The van der Waals surface area contributed by atoms with Gasteiger partial charge in [-0.05, 0) is 30.2 Å². The highest BCUT2D eigenvalue weighted by Gasteiger charge is 2.58. The maximum atomic E-state index is 5.73. The van der Waals surface area contributed by atoms with Crippen molar-refractivity contribution in [1.29, 1.82) is 0 Å². The largest absolute Gasteiger partial charge is 0.330 e. The molecule has 10 heavy (non-hydrogen) atoms. The van der Waals surface area contributed by atoms with Crippen LogP contribution in [0.5, 0.6) is 0 Å². The highest BCUT2D eigenvalue weighted by atomic mass is 14.7. The minimum absolute atomic E-state index is 0.516. The zero-order valence-electron chi connectivity index (χ0n) is 7.41. The van der Waals surface area contributed by atoms with Crippen LogP contribution in [-0.2, 0) is 0 Å². The Kier molecular flexibility index (Phi) is 1.80. The third-order valence-corrected chi connectivity index (χ3v) is 3.21. The van der Waals surface area contributed by atoms with E-state index in [9.17, 15) is 0 Å². The summed E-state index contributed by atoms with van der Waals surface area (Å²) in [6, 6.07) is 0. The molecular weight excluding hydrogens is 122 g/mol. The summed E-state index contributed by atoms with van der Waals surface area (Å²) >= 11 is 0. The standard InChI is InChI=1S/C9H19N/c1-4-5-9(7-10)6-8(9,2)3/h4-7,10H2,1-3H3. The topological polar surface area (TPSA) is 26.0 Å². The van der Waals surface area contributed by atoms with Crippen molar-refractivity contribution in [2.24, 2.45) is 16.6 Å². The summed E-state index contributed by atoms with van der Waals surface area (Å²) in [6.45, 7) is 7.78. The van der Waals surface area contributed by atoms with Crippen molar-refractivity contribution < 1.29 is 0 Å². The molecule has 0 saturated heterocycles. The highest BCUT2D eigenvalue weighted by molar-refractivity contribution is 5.09. The van der Waals surface area contributed by atoms with E-state index in [0.29, 0.717) is 10.8 Å². The summed E-state index contributed by atoms with van der Waals surface area (Å²) < 4.78 is 0. The molecule has 0 bridgehead atoms. The Balaban J connectivity index is 2.50. The zero-order valence-corrected chi connectivity index (χ0v) is 7.41. The first-order chi connectivity index (χ1) is 4.58. The van der Waals surface area contributed by atoms with Crippen LogP contribution in [0.4, 0.5) is 0 Å². The molecule has 1 aliphatic rings. The van der Waals surface area contributed by atoms with Crippen molar-refractivity contribution in [3.8, 4) is 0 Å². The molecule has 0 aromatic heterocycles. The second-order valence-electron chi connectivity index (χ2n) is 4.30. The van der Waals surface area contributed by atoms with Crippen LogP contribution in [0.15, 0.2) is 0 Å². The van der Waals surface area contributed by atoms with E-state index < -0.39 is 0 Å². The van der Waals surface area contributed by atoms with E-state index in [2.05, 4.69) is 20.8 Å². The molecule has 1 saturated carbocycles. The molecule has 1 nitrogen and oxygen atoms in total. The zero-order chi connectivity index (χ0) is 7.83. The normalized spacial score (nSPS) is 36.0. The minimum Gasteiger partial charge on any atom is -0.330 e. The average molecular weight is 141 g/mol. The van der Waals surface area contributed by atoms with Gasteiger partial charge in [-0.1, -0.05) is 27.2 Å². The fourth-order valence-electron chi connectivity index (χ4n) is 2.16. The predicted molar refractivity (Wildman–Crippen MR) is 44.8 cm³/mol. The molecule has 1 atom stereocenters. The first kappa shape index (κ1) is 8.06. The number of hydrogen-bond donors (Lipinski definition) is 1. The Morgan fingerprint density at radius 3 is 2.00 bits per heavy atom. The van der Waals surface area contributed by atoms with Crippen molar-refractivity contribution >= 4 is 0 Å². The fourth-order valence-corrected chi connectivity index (χ4v) is 2.16. The Labute approximate surface area is 64.0 Å². The summed E-state index contributed by atoms with van der Waals surface area (Å²) in [7, 11) is 0. The first-order valence-electron chi connectivity index (χ1n) is 4.28. The molecular formula is C9H19N. The first-order valence-corrected chi connectivity index (χ1v) is 4.28. The average Bonchev–Trinajstić information content (AvgIpc) is 2.37. The van der Waals surface area contributed by atoms with E-state index in [-0.39, 0.29) is 0 Å². The van der Waals surface area contributed by atoms with Crippen LogP contribution >= 0.6 is 0 Å². The van der Waals surface area contributed by atoms with Gasteiger partial charge in [0.25, 0.3) is 0 Å². The lowest BCUT2D eigenvalue weighted by atomic mass is 9.91. The van der Waals surface area contributed by atoms with Crippen LogP contribution in [-0.4, -0.2) is 6.54 Å². The lowest BCUT2D eigenvalue weighted by Crippen LogP contribution is -2.20. The Morgan fingerprint density at radius 1 is 1.40 bits per heavy atom. The molecule has 1 rings (SSSR count). The van der Waals surface area contributed by atoms with Crippen molar-refractivity contribution in [2.75, 3.05) is 6.54 Å². The summed E-state index contributed by atoms with van der Waals surface area (Å²) in [5.41, 5.74) is 6.79. The van der Waals surface area contributed by atoms with Crippen LogP contribution < -0.4 is 5.73 Å². The van der Waals surface area contributed by atoms with E-state index in [4.69, 9.17) is 5.73 Å². The monoisotopic (exact) mass is 141 g/mol. The van der Waals surface area contributed by atoms with Gasteiger partial charge >= 0.3 is 0 Å². The van der Waals surface area contributed by atoms with Gasteiger partial charge < -0.3 is 5.73 Å². The van der Waals surface area contributed by atoms with E-state index in [0.717, 1.165) is 6.54 Å². The molecule has 0 aromatic carbocycles. The molecule has 0 aromatic rings. The maximum absolute atomic E-state index is 5.73. The Morgan fingerprint density at radius 2 is 1.90 bits per heavy atom. The second-order valence-corrected chi connectivity index (χ2v) is 4.30. The van der Waals surface area contributed by atoms with Crippen LogP contribution in [0, 0.1) is 10.8 Å². The molecule has 1 unspecified atom stereocenters. The minimum atomic E-state index is 0.516. The summed E-state index contributed by atoms with van der Waals surface area (Å²) in [6.07, 6.45) is 3.93. The molecule has 0 aliphatic heterocycles. The predicted octanol–water partition coefficient (Wildman–Crippen LogP) is 2.16. The second kappa shape index (κ2) is 2.23. The smallest absolute Gasteiger partial charge is 0.00152 e. The number of rotatable bonds is 3. The van der Waals surface area contributed by atoms with Gasteiger partial charge in [0.2, 0.25) is 0 Å². The SMILES string of the molecule is CCCC1(CN)CC1(C)C. The van der Waals surface area contributed by atoms with Gasteiger partial charge in [-0.2, -0.15) is 0 Å². The van der Waals surface area contributed by atoms with Crippen molar-refractivity contribution in [1.82, 2.24) is 0 Å². The molecule has 0 amide bonds. The lowest BCUT2D eigenvalue weighted by molar-refractivity contribution is 0.362. The third kappa shape index (κ3) is 0.968. The Bertz CT molecular complexity index is 129. The van der Waals surface area contributed by atoms with Gasteiger partial charge in [-0.15, -0.1) is 0 Å². The molecule has 2 N–H and O–H groups in total.